The van der Waals surface area contributed by atoms with E-state index in [0.717, 1.165) is 69.8 Å². The zero-order valence-electron chi connectivity index (χ0n) is 19.5. The third kappa shape index (κ3) is 5.90. The van der Waals surface area contributed by atoms with E-state index in [-0.39, 0.29) is 12.0 Å². The minimum Gasteiger partial charge on any atom is -0.497 e. The van der Waals surface area contributed by atoms with Gasteiger partial charge in [-0.2, -0.15) is 0 Å². The average Bonchev–Trinajstić information content (AvgIpc) is 3.34. The molecule has 32 heavy (non-hydrogen) atoms. The fourth-order valence-corrected chi connectivity index (χ4v) is 4.86. The molecule has 2 fully saturated rings. The van der Waals surface area contributed by atoms with Gasteiger partial charge in [-0.05, 0) is 87.0 Å². The van der Waals surface area contributed by atoms with Crippen LogP contribution in [-0.4, -0.2) is 61.7 Å². The molecule has 0 bridgehead atoms. The third-order valence-electron chi connectivity index (χ3n) is 6.91. The van der Waals surface area contributed by atoms with Crippen molar-refractivity contribution < 1.29 is 14.3 Å². The predicted molar refractivity (Wildman–Crippen MR) is 127 cm³/mol. The van der Waals surface area contributed by atoms with Crippen molar-refractivity contribution in [2.75, 3.05) is 39.9 Å². The van der Waals surface area contributed by atoms with Crippen LogP contribution in [0.3, 0.4) is 0 Å². The summed E-state index contributed by atoms with van der Waals surface area (Å²) in [7, 11) is 1.64. The molecule has 5 nitrogen and oxygen atoms in total. The minimum atomic E-state index is 0.102. The second kappa shape index (κ2) is 11.0. The summed E-state index contributed by atoms with van der Waals surface area (Å²) in [6.45, 7) is 7.69. The number of benzene rings is 2. The number of carbonyl (C=O) groups is 1. The van der Waals surface area contributed by atoms with Crippen LogP contribution in [0.5, 0.6) is 5.75 Å². The number of methoxy groups -OCH3 is 1. The van der Waals surface area contributed by atoms with Crippen LogP contribution < -0.4 is 4.74 Å². The Bertz CT molecular complexity index is 869. The Labute approximate surface area is 192 Å². The lowest BCUT2D eigenvalue weighted by atomic mass is 9.95. The van der Waals surface area contributed by atoms with Gasteiger partial charge in [-0.15, -0.1) is 0 Å². The number of carbonyl (C=O) groups excluding carboxylic acids is 1. The molecule has 0 radical (unpaired) electrons. The number of nitrogens with zero attached hydrogens (tertiary/aromatic N) is 2. The standard InChI is InChI=1S/C27H36N2O3/c1-21-6-3-4-7-24(21)19-28-15-13-22(14-16-28)18-29(20-26-8-5-17-32-26)27(30)23-9-11-25(31-2)12-10-23/h3-4,6-7,9-12,22,26H,5,8,13-20H2,1-2H3. The molecule has 1 unspecified atom stereocenters. The van der Waals surface area contributed by atoms with E-state index in [1.807, 2.05) is 29.2 Å². The number of rotatable bonds is 8. The van der Waals surface area contributed by atoms with E-state index in [0.29, 0.717) is 12.5 Å². The number of likely N-dealkylation sites (tertiary alicyclic amines) is 1. The van der Waals surface area contributed by atoms with Crippen LogP contribution in [0, 0.1) is 12.8 Å². The average molecular weight is 437 g/mol. The summed E-state index contributed by atoms with van der Waals surface area (Å²) in [5.41, 5.74) is 3.50. The maximum absolute atomic E-state index is 13.4. The number of ether oxygens (including phenoxy) is 2. The normalized spacial score (nSPS) is 19.8. The highest BCUT2D eigenvalue weighted by atomic mass is 16.5. The van der Waals surface area contributed by atoms with Crippen molar-refractivity contribution in [3.8, 4) is 5.75 Å². The Hall–Kier alpha value is -2.37. The zero-order valence-corrected chi connectivity index (χ0v) is 19.5. The molecule has 0 saturated carbocycles. The van der Waals surface area contributed by atoms with Crippen LogP contribution in [-0.2, 0) is 11.3 Å². The number of amides is 1. The summed E-state index contributed by atoms with van der Waals surface area (Å²) in [6.07, 6.45) is 4.56. The Morgan fingerprint density at radius 3 is 2.47 bits per heavy atom. The van der Waals surface area contributed by atoms with Gasteiger partial charge in [-0.25, -0.2) is 0 Å². The van der Waals surface area contributed by atoms with Crippen molar-refractivity contribution in [3.63, 3.8) is 0 Å². The number of piperidine rings is 1. The SMILES string of the molecule is COc1ccc(C(=O)N(CC2CCN(Cc3ccccc3C)CC2)CC2CCCO2)cc1. The number of hydrogen-bond acceptors (Lipinski definition) is 4. The molecular formula is C27H36N2O3. The lowest BCUT2D eigenvalue weighted by Gasteiger charge is -2.36. The molecule has 2 aliphatic rings. The highest BCUT2D eigenvalue weighted by molar-refractivity contribution is 5.94. The van der Waals surface area contributed by atoms with E-state index in [9.17, 15) is 4.79 Å². The fourth-order valence-electron chi connectivity index (χ4n) is 4.86. The fraction of sp³-hybridized carbons (Fsp3) is 0.519. The van der Waals surface area contributed by atoms with Gasteiger partial charge in [0.05, 0.1) is 13.2 Å². The molecule has 0 N–H and O–H groups in total. The topological polar surface area (TPSA) is 42.0 Å². The van der Waals surface area contributed by atoms with Crippen molar-refractivity contribution in [2.24, 2.45) is 5.92 Å². The highest BCUT2D eigenvalue weighted by Crippen LogP contribution is 2.24. The first-order valence-electron chi connectivity index (χ1n) is 11.9. The molecule has 2 heterocycles. The molecular weight excluding hydrogens is 400 g/mol. The van der Waals surface area contributed by atoms with Gasteiger partial charge in [0, 0.05) is 31.8 Å². The van der Waals surface area contributed by atoms with E-state index in [1.165, 1.54) is 11.1 Å². The van der Waals surface area contributed by atoms with Crippen molar-refractivity contribution in [1.29, 1.82) is 0 Å². The second-order valence-corrected chi connectivity index (χ2v) is 9.22. The first-order valence-corrected chi connectivity index (χ1v) is 11.9. The van der Waals surface area contributed by atoms with Gasteiger partial charge in [0.1, 0.15) is 5.75 Å². The quantitative estimate of drug-likeness (QED) is 0.609. The molecule has 1 atom stereocenters. The summed E-state index contributed by atoms with van der Waals surface area (Å²) in [4.78, 5) is 18.0. The molecule has 1 amide bonds. The monoisotopic (exact) mass is 436 g/mol. The van der Waals surface area contributed by atoms with Crippen LogP contribution in [0.4, 0.5) is 0 Å². The van der Waals surface area contributed by atoms with E-state index >= 15 is 0 Å². The molecule has 2 saturated heterocycles. The van der Waals surface area contributed by atoms with Crippen LogP contribution in [0.15, 0.2) is 48.5 Å². The van der Waals surface area contributed by atoms with Crippen LogP contribution in [0.1, 0.15) is 47.2 Å². The lowest BCUT2D eigenvalue weighted by Crippen LogP contribution is -2.43. The lowest BCUT2D eigenvalue weighted by molar-refractivity contribution is 0.0444. The number of aryl methyl sites for hydroxylation is 1. The first-order chi connectivity index (χ1) is 15.6. The second-order valence-electron chi connectivity index (χ2n) is 9.22. The van der Waals surface area contributed by atoms with Crippen molar-refractivity contribution >= 4 is 5.91 Å². The largest absolute Gasteiger partial charge is 0.497 e. The summed E-state index contributed by atoms with van der Waals surface area (Å²) in [5.74, 6) is 1.41. The van der Waals surface area contributed by atoms with Crippen molar-refractivity contribution in [2.45, 2.75) is 45.3 Å². The summed E-state index contributed by atoms with van der Waals surface area (Å²) in [5, 5.41) is 0. The highest BCUT2D eigenvalue weighted by Gasteiger charge is 2.28. The smallest absolute Gasteiger partial charge is 0.253 e. The molecule has 2 aromatic rings. The Kier molecular flexibility index (Phi) is 7.82. The molecule has 0 aromatic heterocycles. The zero-order chi connectivity index (χ0) is 22.3. The summed E-state index contributed by atoms with van der Waals surface area (Å²) in [6, 6.07) is 16.1. The maximum Gasteiger partial charge on any atom is 0.253 e. The van der Waals surface area contributed by atoms with Gasteiger partial charge in [-0.3, -0.25) is 9.69 Å². The van der Waals surface area contributed by atoms with Gasteiger partial charge in [0.2, 0.25) is 0 Å². The van der Waals surface area contributed by atoms with Crippen molar-refractivity contribution in [1.82, 2.24) is 9.80 Å². The van der Waals surface area contributed by atoms with E-state index in [4.69, 9.17) is 9.47 Å². The first kappa shape index (κ1) is 22.8. The molecule has 0 aliphatic carbocycles. The van der Waals surface area contributed by atoms with Gasteiger partial charge in [0.15, 0.2) is 0 Å². The predicted octanol–water partition coefficient (Wildman–Crippen LogP) is 4.54. The Balaban J connectivity index is 1.36. The maximum atomic E-state index is 13.4. The van der Waals surface area contributed by atoms with Crippen molar-refractivity contribution in [3.05, 3.63) is 65.2 Å². The van der Waals surface area contributed by atoms with Crippen LogP contribution >= 0.6 is 0 Å². The van der Waals surface area contributed by atoms with Gasteiger partial charge >= 0.3 is 0 Å². The summed E-state index contributed by atoms with van der Waals surface area (Å²) >= 11 is 0. The van der Waals surface area contributed by atoms with Crippen LogP contribution in [0.2, 0.25) is 0 Å². The van der Waals surface area contributed by atoms with E-state index in [2.05, 4.69) is 36.1 Å². The molecule has 2 aliphatic heterocycles. The van der Waals surface area contributed by atoms with E-state index < -0.39 is 0 Å². The Morgan fingerprint density at radius 1 is 1.06 bits per heavy atom. The van der Waals surface area contributed by atoms with Crippen LogP contribution in [0.25, 0.3) is 0 Å². The van der Waals surface area contributed by atoms with Gasteiger partial charge < -0.3 is 14.4 Å². The molecule has 5 heteroatoms. The molecule has 4 rings (SSSR count). The van der Waals surface area contributed by atoms with E-state index in [1.54, 1.807) is 7.11 Å². The minimum absolute atomic E-state index is 0.102. The third-order valence-corrected chi connectivity index (χ3v) is 6.91. The Morgan fingerprint density at radius 2 is 1.81 bits per heavy atom. The van der Waals surface area contributed by atoms with Gasteiger partial charge in [-0.1, -0.05) is 24.3 Å². The molecule has 2 aromatic carbocycles. The summed E-state index contributed by atoms with van der Waals surface area (Å²) < 4.78 is 11.1. The van der Waals surface area contributed by atoms with Gasteiger partial charge in [0.25, 0.3) is 5.91 Å². The molecule has 0 spiro atoms. The number of hydrogen-bond donors (Lipinski definition) is 0. The molecule has 172 valence electrons.